The number of benzene rings is 18. The molecule has 0 unspecified atom stereocenters. The quantitative estimate of drug-likeness (QED) is 0.156. The summed E-state index contributed by atoms with van der Waals surface area (Å²) in [5.41, 5.74) is 29.7. The fraction of sp³-hybridized carbons (Fsp3) is 0.0513. The maximum absolute atomic E-state index is 7.99. The lowest BCUT2D eigenvalue weighted by Crippen LogP contribution is -1.94. The molecule has 0 bridgehead atoms. The van der Waals surface area contributed by atoms with Gasteiger partial charge in [0.25, 0.3) is 0 Å². The number of hydrogen-bond acceptors (Lipinski definition) is 6. The second kappa shape index (κ2) is 29.0. The van der Waals surface area contributed by atoms with Crippen LogP contribution in [0.1, 0.15) is 33.4 Å². The number of fused-ring (bicyclic) bond motifs is 27. The topological polar surface area (TPSA) is 67.3 Å². The molecule has 27 rings (SSSR count). The minimum Gasteiger partial charge on any atom is -0.465 e. The molecule has 0 aliphatic carbocycles. The number of para-hydroxylation sites is 3. The molecule has 0 amide bonds. The van der Waals surface area contributed by atoms with E-state index in [0.717, 1.165) is 133 Å². The molecule has 27 aromatic rings. The van der Waals surface area contributed by atoms with Crippen molar-refractivity contribution in [1.29, 1.82) is 0 Å². The van der Waals surface area contributed by atoms with Gasteiger partial charge < -0.3 is 27.0 Å². The Morgan fingerprint density at radius 2 is 0.527 bits per heavy atom. The SMILES string of the molecule is [C-]#[N+]c1ccc(-c2ccc3c(c2)sc2ccccc23)c2c1oc1c(-n3c4ccc(C)cc4c4cc(C)ccc43)cccc12.[C-]#[N+]c1ccc(-c2ccc3sc4ccccc4c3c2)c2c1oc1c(-n3c4ccc(C)cc4c4cc(C)ccc43)cccc12.[C-]#[N+]c1ccc(-c2cccc3c2sc2ccccc23)c2c1oc1c(-n3c4ccc(C)cc4c4cc(C)ccc43)cccc12. The average molecular weight is 1710 g/mol. The molecule has 18 aromatic carbocycles. The fourth-order valence-electron chi connectivity index (χ4n) is 20.4. The van der Waals surface area contributed by atoms with Gasteiger partial charge in [0, 0.05) is 131 Å². The summed E-state index contributed by atoms with van der Waals surface area (Å²) >= 11 is 5.46. The van der Waals surface area contributed by atoms with Crippen LogP contribution in [0.5, 0.6) is 0 Å². The van der Waals surface area contributed by atoms with Crippen LogP contribution in [0.15, 0.2) is 341 Å². The van der Waals surface area contributed by atoms with Gasteiger partial charge in [0.15, 0.2) is 16.7 Å². The minimum absolute atomic E-state index is 0.524. The van der Waals surface area contributed by atoms with Crippen LogP contribution >= 0.6 is 34.0 Å². The highest BCUT2D eigenvalue weighted by Crippen LogP contribution is 2.53. The molecule has 9 aromatic heterocycles. The van der Waals surface area contributed by atoms with Crippen molar-refractivity contribution in [3.05, 3.63) is 395 Å². The summed E-state index contributed by atoms with van der Waals surface area (Å²) in [6.07, 6.45) is 0. The molecule has 0 fully saturated rings. The molecule has 0 N–H and O–H groups in total. The van der Waals surface area contributed by atoms with Crippen LogP contribution in [0.4, 0.5) is 17.1 Å². The Morgan fingerprint density at radius 3 is 0.938 bits per heavy atom. The molecule has 0 saturated heterocycles. The lowest BCUT2D eigenvalue weighted by atomic mass is 9.97. The number of nitrogens with zero attached hydrogens (tertiary/aromatic N) is 6. The van der Waals surface area contributed by atoms with E-state index in [1.54, 1.807) is 0 Å². The van der Waals surface area contributed by atoms with Crippen molar-refractivity contribution in [2.75, 3.05) is 0 Å². The van der Waals surface area contributed by atoms with Crippen molar-refractivity contribution in [2.45, 2.75) is 41.5 Å². The molecular formula is C117H72N6O3S3. The van der Waals surface area contributed by atoms with Gasteiger partial charge >= 0.3 is 0 Å². The van der Waals surface area contributed by atoms with Crippen molar-refractivity contribution in [3.63, 3.8) is 0 Å². The highest BCUT2D eigenvalue weighted by Gasteiger charge is 2.28. The molecule has 0 radical (unpaired) electrons. The molecular weight excluding hydrogens is 1630 g/mol. The summed E-state index contributed by atoms with van der Waals surface area (Å²) in [7, 11) is 0. The zero-order valence-corrected chi connectivity index (χ0v) is 73.3. The smallest absolute Gasteiger partial charge is 0.229 e. The van der Waals surface area contributed by atoms with Gasteiger partial charge in [0.05, 0.1) is 69.9 Å². The number of aryl methyl sites for hydroxylation is 6. The summed E-state index contributed by atoms with van der Waals surface area (Å²) in [5.74, 6) is 0. The molecule has 0 aliphatic heterocycles. The van der Waals surface area contributed by atoms with Gasteiger partial charge in [0.2, 0.25) is 17.1 Å². The van der Waals surface area contributed by atoms with Gasteiger partial charge in [-0.1, -0.05) is 234 Å². The van der Waals surface area contributed by atoms with E-state index >= 15 is 0 Å². The average Bonchev–Trinajstić information content (AvgIpc) is 1.57. The number of rotatable bonds is 6. The van der Waals surface area contributed by atoms with Gasteiger partial charge in [-0.05, 0) is 197 Å². The lowest BCUT2D eigenvalue weighted by molar-refractivity contribution is 0.668. The zero-order valence-electron chi connectivity index (χ0n) is 70.8. The number of furan rings is 3. The van der Waals surface area contributed by atoms with E-state index in [-0.39, 0.29) is 0 Å². The van der Waals surface area contributed by atoms with Crippen LogP contribution in [-0.2, 0) is 0 Å². The monoisotopic (exact) mass is 1700 g/mol. The third-order valence-corrected chi connectivity index (χ3v) is 29.7. The van der Waals surface area contributed by atoms with Crippen molar-refractivity contribution in [2.24, 2.45) is 0 Å². The Hall–Kier alpha value is -16.1. The molecule has 0 aliphatic rings. The van der Waals surface area contributed by atoms with Crippen molar-refractivity contribution in [1.82, 2.24) is 13.7 Å². The highest BCUT2D eigenvalue weighted by molar-refractivity contribution is 7.27. The summed E-state index contributed by atoms with van der Waals surface area (Å²) in [6.45, 7) is 36.8. The van der Waals surface area contributed by atoms with Crippen LogP contribution in [0, 0.1) is 61.3 Å². The minimum atomic E-state index is 0.524. The Kier molecular flexibility index (Phi) is 16.9. The predicted molar refractivity (Wildman–Crippen MR) is 546 cm³/mol. The van der Waals surface area contributed by atoms with Gasteiger partial charge in [-0.25, -0.2) is 14.5 Å². The Balaban J connectivity index is 0.000000105. The van der Waals surface area contributed by atoms with Crippen LogP contribution in [0.25, 0.3) is 257 Å². The first-order chi connectivity index (χ1) is 63.3. The van der Waals surface area contributed by atoms with Crippen LogP contribution < -0.4 is 0 Å². The third-order valence-electron chi connectivity index (χ3n) is 26.2. The molecule has 0 spiro atoms. The van der Waals surface area contributed by atoms with Crippen molar-refractivity contribution >= 4 is 243 Å². The molecule has 129 heavy (non-hydrogen) atoms. The first-order valence-corrected chi connectivity index (χ1v) is 45.6. The number of hydrogen-bond donors (Lipinski definition) is 0. The standard InChI is InChI=1S/3C39H24N2OS/c1-22-14-18-32-29(20-22)30-21-23(2)15-19-33(30)41(32)34-12-7-11-28-36-25(16-17-31(40-3)38(36)42-37(28)34)27-10-6-9-26-24-8-4-5-13-35(24)43-39(26)27;1-22-11-16-32-28(19-22)29-20-23(2)12-17-33(29)41(32)34-9-6-8-27-37-25(14-15-31(40-3)39(37)42-38(27)34)24-13-18-36-30(21-24)26-7-4-5-10-35(26)43-36;1-22-11-17-32-29(19-22)30-20-23(2)12-18-33(30)41(32)34-9-6-8-28-37-25(15-16-31(40-3)39(37)42-38(28)34)24-13-14-27-26-7-4-5-10-35(26)43-36(27)21-24/h3*4-21H,1-2H3. The van der Waals surface area contributed by atoms with Crippen molar-refractivity contribution < 1.29 is 13.3 Å². The van der Waals surface area contributed by atoms with E-state index in [4.69, 9.17) is 33.0 Å². The fourth-order valence-corrected chi connectivity index (χ4v) is 23.9. The van der Waals surface area contributed by atoms with Crippen molar-refractivity contribution in [3.8, 4) is 50.4 Å². The van der Waals surface area contributed by atoms with Crippen LogP contribution in [0.3, 0.4) is 0 Å². The predicted octanol–water partition coefficient (Wildman–Crippen LogP) is 35.7. The first-order valence-electron chi connectivity index (χ1n) is 43.1. The lowest BCUT2D eigenvalue weighted by Gasteiger charge is -2.09. The summed E-state index contributed by atoms with van der Waals surface area (Å²) < 4.78 is 34.8. The molecule has 9 nitrogen and oxygen atoms in total. The number of aromatic nitrogens is 3. The van der Waals surface area contributed by atoms with Gasteiger partial charge in [-0.15, -0.1) is 34.0 Å². The third kappa shape index (κ3) is 11.6. The highest BCUT2D eigenvalue weighted by atomic mass is 32.1. The summed E-state index contributed by atoms with van der Waals surface area (Å²) in [5, 5.41) is 21.0. The Bertz CT molecular complexity index is 9550. The van der Waals surface area contributed by atoms with E-state index in [2.05, 4.69) is 379 Å². The molecule has 9 heterocycles. The Morgan fingerprint density at radius 1 is 0.217 bits per heavy atom. The molecule has 606 valence electrons. The van der Waals surface area contributed by atoms with Crippen LogP contribution in [-0.4, -0.2) is 13.7 Å². The molecule has 12 heteroatoms. The second-order valence-electron chi connectivity index (χ2n) is 34.1. The maximum Gasteiger partial charge on any atom is 0.229 e. The van der Waals surface area contributed by atoms with Gasteiger partial charge in [-0.2, -0.15) is 0 Å². The summed E-state index contributed by atoms with van der Waals surface area (Å²) in [4.78, 5) is 11.6. The normalized spacial score (nSPS) is 11.9. The number of thiophene rings is 3. The van der Waals surface area contributed by atoms with Crippen LogP contribution in [0.2, 0.25) is 0 Å². The molecule has 0 atom stereocenters. The van der Waals surface area contributed by atoms with E-state index in [0.29, 0.717) is 33.8 Å². The summed E-state index contributed by atoms with van der Waals surface area (Å²) in [6, 6.07) is 117. The molecule has 0 saturated carbocycles. The maximum atomic E-state index is 7.99. The first kappa shape index (κ1) is 75.4. The van der Waals surface area contributed by atoms with E-state index in [1.807, 2.05) is 52.2 Å². The largest absolute Gasteiger partial charge is 0.465 e. The van der Waals surface area contributed by atoms with E-state index in [9.17, 15) is 0 Å². The Labute approximate surface area is 751 Å². The van der Waals surface area contributed by atoms with E-state index < -0.39 is 0 Å². The van der Waals surface area contributed by atoms with Gasteiger partial charge in [0.1, 0.15) is 16.7 Å². The van der Waals surface area contributed by atoms with E-state index in [1.165, 1.54) is 126 Å². The zero-order chi connectivity index (χ0) is 86.5. The van der Waals surface area contributed by atoms with Gasteiger partial charge in [-0.3, -0.25) is 0 Å². The second-order valence-corrected chi connectivity index (χ2v) is 37.4.